The van der Waals surface area contributed by atoms with Gasteiger partial charge in [0, 0.05) is 18.7 Å². The molecule has 0 aliphatic rings. The third-order valence-electron chi connectivity index (χ3n) is 3.68. The number of nitrogens with zero attached hydrogens (tertiary/aromatic N) is 1. The fraction of sp³-hybridized carbons (Fsp3) is 0.500. The summed E-state index contributed by atoms with van der Waals surface area (Å²) in [5, 5.41) is 11.9. The molecule has 0 saturated carbocycles. The number of amides is 1. The summed E-state index contributed by atoms with van der Waals surface area (Å²) in [5.41, 5.74) is 0.160. The molecule has 0 aliphatic carbocycles. The van der Waals surface area contributed by atoms with Crippen molar-refractivity contribution in [2.75, 3.05) is 20.2 Å². The number of esters is 1. The zero-order valence-electron chi connectivity index (χ0n) is 14.7. The highest BCUT2D eigenvalue weighted by molar-refractivity contribution is 7.89. The number of aliphatic hydroxyl groups excluding tert-OH is 1. The number of carbonyl (C=O) groups excluding carboxylic acids is 2. The van der Waals surface area contributed by atoms with Crippen molar-refractivity contribution in [1.82, 2.24) is 9.62 Å². The van der Waals surface area contributed by atoms with E-state index in [1.807, 2.05) is 0 Å². The lowest BCUT2D eigenvalue weighted by molar-refractivity contribution is -0.145. The van der Waals surface area contributed by atoms with Crippen LogP contribution < -0.4 is 5.32 Å². The van der Waals surface area contributed by atoms with Gasteiger partial charge in [0.05, 0.1) is 18.1 Å². The molecular formula is C16H24N2O6S. The maximum absolute atomic E-state index is 12.4. The van der Waals surface area contributed by atoms with E-state index in [-0.39, 0.29) is 10.5 Å². The number of methoxy groups -OCH3 is 1. The summed E-state index contributed by atoms with van der Waals surface area (Å²) in [6, 6.07) is 4.15. The number of hydrogen-bond acceptors (Lipinski definition) is 6. The predicted molar refractivity (Wildman–Crippen MR) is 91.5 cm³/mol. The number of benzene rings is 1. The normalized spacial score (nSPS) is 14.0. The van der Waals surface area contributed by atoms with E-state index in [0.29, 0.717) is 13.1 Å². The Balaban J connectivity index is 2.99. The minimum atomic E-state index is -3.61. The second-order valence-corrected chi connectivity index (χ2v) is 7.27. The fourth-order valence-electron chi connectivity index (χ4n) is 2.22. The van der Waals surface area contributed by atoms with Crippen LogP contribution in [0.3, 0.4) is 0 Å². The molecule has 0 spiro atoms. The van der Waals surface area contributed by atoms with E-state index in [1.54, 1.807) is 13.8 Å². The molecule has 1 rings (SSSR count). The molecule has 0 heterocycles. The van der Waals surface area contributed by atoms with E-state index in [2.05, 4.69) is 10.1 Å². The number of ether oxygens (including phenoxy) is 1. The minimum absolute atomic E-state index is 0.0767. The van der Waals surface area contributed by atoms with Crippen LogP contribution in [0.15, 0.2) is 29.2 Å². The third-order valence-corrected chi connectivity index (χ3v) is 5.75. The summed E-state index contributed by atoms with van der Waals surface area (Å²) in [6.07, 6.45) is -1.14. The van der Waals surface area contributed by atoms with Crippen LogP contribution in [-0.4, -0.2) is 62.1 Å². The van der Waals surface area contributed by atoms with Crippen molar-refractivity contribution in [3.63, 3.8) is 0 Å². The Hall–Kier alpha value is -1.97. The largest absolute Gasteiger partial charge is 0.467 e. The maximum atomic E-state index is 12.4. The van der Waals surface area contributed by atoms with Crippen LogP contribution in [0.25, 0.3) is 0 Å². The van der Waals surface area contributed by atoms with Crippen LogP contribution in [0.2, 0.25) is 0 Å². The lowest BCUT2D eigenvalue weighted by atomic mass is 10.1. The molecular weight excluding hydrogens is 348 g/mol. The van der Waals surface area contributed by atoms with Crippen molar-refractivity contribution in [3.8, 4) is 0 Å². The third kappa shape index (κ3) is 5.00. The monoisotopic (exact) mass is 372 g/mol. The quantitative estimate of drug-likeness (QED) is 0.638. The van der Waals surface area contributed by atoms with Crippen LogP contribution >= 0.6 is 0 Å². The van der Waals surface area contributed by atoms with E-state index in [0.717, 1.165) is 7.11 Å². The molecule has 1 aromatic carbocycles. The highest BCUT2D eigenvalue weighted by Crippen LogP contribution is 2.16. The highest BCUT2D eigenvalue weighted by Gasteiger charge is 2.27. The molecule has 1 aromatic rings. The topological polar surface area (TPSA) is 113 Å². The Kier molecular flexibility index (Phi) is 7.53. The van der Waals surface area contributed by atoms with Crippen molar-refractivity contribution in [1.29, 1.82) is 0 Å². The molecule has 0 fully saturated rings. The molecule has 0 radical (unpaired) electrons. The van der Waals surface area contributed by atoms with Gasteiger partial charge in [-0.1, -0.05) is 13.8 Å². The van der Waals surface area contributed by atoms with Crippen molar-refractivity contribution in [2.45, 2.75) is 37.8 Å². The SMILES string of the molecule is CCN(CC)S(=O)(=O)c1ccc(C(=O)N[C@H](C(=O)OC)[C@@H](C)O)cc1. The molecule has 1 amide bonds. The number of aliphatic hydroxyl groups is 1. The lowest BCUT2D eigenvalue weighted by Gasteiger charge is -2.20. The van der Waals surface area contributed by atoms with Gasteiger partial charge in [0.1, 0.15) is 0 Å². The predicted octanol–water partition coefficient (Wildman–Crippen LogP) is 0.369. The number of carbonyl (C=O) groups is 2. The number of nitrogens with one attached hydrogen (secondary N) is 1. The van der Waals surface area contributed by atoms with Crippen LogP contribution in [-0.2, 0) is 19.6 Å². The zero-order chi connectivity index (χ0) is 19.2. The summed E-state index contributed by atoms with van der Waals surface area (Å²) in [7, 11) is -2.46. The average molecular weight is 372 g/mol. The maximum Gasteiger partial charge on any atom is 0.331 e. The molecule has 9 heteroatoms. The number of hydrogen-bond donors (Lipinski definition) is 2. The van der Waals surface area contributed by atoms with Crippen molar-refractivity contribution in [2.24, 2.45) is 0 Å². The molecule has 0 unspecified atom stereocenters. The molecule has 25 heavy (non-hydrogen) atoms. The van der Waals surface area contributed by atoms with E-state index in [1.165, 1.54) is 35.5 Å². The van der Waals surface area contributed by atoms with Gasteiger partial charge < -0.3 is 15.2 Å². The van der Waals surface area contributed by atoms with Gasteiger partial charge in [0.2, 0.25) is 10.0 Å². The summed E-state index contributed by atoms with van der Waals surface area (Å²) < 4.78 is 30.6. The Morgan fingerprint density at radius 1 is 1.20 bits per heavy atom. The first-order valence-electron chi connectivity index (χ1n) is 7.85. The standard InChI is InChI=1S/C16H24N2O6S/c1-5-18(6-2)25(22,23)13-9-7-12(8-10-13)15(20)17-14(11(3)19)16(21)24-4/h7-11,14,19H,5-6H2,1-4H3,(H,17,20)/t11-,14+/m1/s1. The fourth-order valence-corrected chi connectivity index (χ4v) is 3.68. The van der Waals surface area contributed by atoms with Crippen molar-refractivity contribution in [3.05, 3.63) is 29.8 Å². The van der Waals surface area contributed by atoms with Gasteiger partial charge in [-0.2, -0.15) is 4.31 Å². The van der Waals surface area contributed by atoms with Gasteiger partial charge >= 0.3 is 5.97 Å². The molecule has 0 aliphatic heterocycles. The van der Waals surface area contributed by atoms with Gasteiger partial charge in [0.15, 0.2) is 6.04 Å². The zero-order valence-corrected chi connectivity index (χ0v) is 15.5. The highest BCUT2D eigenvalue weighted by atomic mass is 32.2. The van der Waals surface area contributed by atoms with Gasteiger partial charge in [-0.25, -0.2) is 13.2 Å². The van der Waals surface area contributed by atoms with Gasteiger partial charge in [-0.05, 0) is 31.2 Å². The van der Waals surface area contributed by atoms with Crippen molar-refractivity contribution >= 4 is 21.9 Å². The first kappa shape index (κ1) is 21.1. The second-order valence-electron chi connectivity index (χ2n) is 5.33. The van der Waals surface area contributed by atoms with E-state index >= 15 is 0 Å². The van der Waals surface area contributed by atoms with Gasteiger partial charge in [-0.15, -0.1) is 0 Å². The van der Waals surface area contributed by atoms with Gasteiger partial charge in [-0.3, -0.25) is 4.79 Å². The molecule has 0 aromatic heterocycles. The minimum Gasteiger partial charge on any atom is -0.467 e. The number of rotatable bonds is 8. The van der Waals surface area contributed by atoms with Crippen LogP contribution in [0.4, 0.5) is 0 Å². The Morgan fingerprint density at radius 2 is 1.72 bits per heavy atom. The van der Waals surface area contributed by atoms with E-state index in [9.17, 15) is 23.1 Å². The first-order valence-corrected chi connectivity index (χ1v) is 9.29. The van der Waals surface area contributed by atoms with E-state index in [4.69, 9.17) is 0 Å². The van der Waals surface area contributed by atoms with Crippen LogP contribution in [0.5, 0.6) is 0 Å². The number of sulfonamides is 1. The first-order chi connectivity index (χ1) is 11.7. The molecule has 0 saturated heterocycles. The summed E-state index contributed by atoms with van der Waals surface area (Å²) in [4.78, 5) is 23.8. The summed E-state index contributed by atoms with van der Waals surface area (Å²) in [5.74, 6) is -1.40. The molecule has 0 bridgehead atoms. The van der Waals surface area contributed by atoms with Crippen LogP contribution in [0.1, 0.15) is 31.1 Å². The Labute approximate surface area is 147 Å². The summed E-state index contributed by atoms with van der Waals surface area (Å²) in [6.45, 7) is 5.52. The van der Waals surface area contributed by atoms with E-state index < -0.39 is 34.0 Å². The molecule has 2 N–H and O–H groups in total. The van der Waals surface area contributed by atoms with Crippen LogP contribution in [0, 0.1) is 0 Å². The van der Waals surface area contributed by atoms with Gasteiger partial charge in [0.25, 0.3) is 5.91 Å². The lowest BCUT2D eigenvalue weighted by Crippen LogP contribution is -2.48. The summed E-state index contributed by atoms with van der Waals surface area (Å²) >= 11 is 0. The smallest absolute Gasteiger partial charge is 0.331 e. The van der Waals surface area contributed by atoms with Crippen molar-refractivity contribution < 1.29 is 27.9 Å². The average Bonchev–Trinajstić information content (AvgIpc) is 2.59. The second kappa shape index (κ2) is 8.93. The molecule has 2 atom stereocenters. The molecule has 140 valence electrons. The Morgan fingerprint density at radius 3 is 2.12 bits per heavy atom. The Bertz CT molecular complexity index is 696. The molecule has 8 nitrogen and oxygen atoms in total.